The fraction of sp³-hybridized carbons (Fsp3) is 0.538. The van der Waals surface area contributed by atoms with Crippen molar-refractivity contribution in [2.45, 2.75) is 17.9 Å². The van der Waals surface area contributed by atoms with E-state index in [0.717, 1.165) is 0 Å². The molecule has 0 aliphatic heterocycles. The summed E-state index contributed by atoms with van der Waals surface area (Å²) in [6, 6.07) is 2.98. The number of hydrogen-bond donors (Lipinski definition) is 1. The van der Waals surface area contributed by atoms with Gasteiger partial charge in [0.25, 0.3) is 0 Å². The van der Waals surface area contributed by atoms with Crippen LogP contribution in [-0.4, -0.2) is 47.1 Å². The number of rotatable bonds is 8. The lowest BCUT2D eigenvalue weighted by Gasteiger charge is -2.20. The molecule has 2 N–H and O–H groups in total. The van der Waals surface area contributed by atoms with Crippen molar-refractivity contribution in [1.29, 1.82) is 0 Å². The monoisotopic (exact) mass is 336 g/mol. The van der Waals surface area contributed by atoms with Crippen molar-refractivity contribution in [2.75, 3.05) is 34.4 Å². The second kappa shape index (κ2) is 7.95. The molecule has 0 aliphatic carbocycles. The Morgan fingerprint density at radius 2 is 2.00 bits per heavy atom. The third-order valence-corrected chi connectivity index (χ3v) is 5.11. The van der Waals surface area contributed by atoms with E-state index in [1.54, 1.807) is 13.2 Å². The van der Waals surface area contributed by atoms with Crippen molar-refractivity contribution in [1.82, 2.24) is 4.31 Å². The predicted octanol–water partition coefficient (Wildman–Crippen LogP) is 1.46. The van der Waals surface area contributed by atoms with Crippen molar-refractivity contribution in [3.05, 3.63) is 22.7 Å². The second-order valence-electron chi connectivity index (χ2n) is 4.47. The molecule has 1 aromatic carbocycles. The minimum absolute atomic E-state index is 0.0258. The molecule has 1 rings (SSSR count). The molecule has 0 fully saturated rings. The fourth-order valence-electron chi connectivity index (χ4n) is 1.92. The van der Waals surface area contributed by atoms with Crippen LogP contribution in [0.25, 0.3) is 0 Å². The molecule has 0 amide bonds. The lowest BCUT2D eigenvalue weighted by molar-refractivity contribution is 0.189. The zero-order valence-corrected chi connectivity index (χ0v) is 14.0. The van der Waals surface area contributed by atoms with E-state index >= 15 is 0 Å². The molecule has 0 saturated heterocycles. The number of hydrogen-bond acceptors (Lipinski definition) is 5. The molecule has 0 unspecified atom stereocenters. The van der Waals surface area contributed by atoms with E-state index in [1.165, 1.54) is 24.5 Å². The number of nitrogens with two attached hydrogens (primary N) is 1. The fourth-order valence-corrected chi connectivity index (χ4v) is 3.65. The van der Waals surface area contributed by atoms with Crippen molar-refractivity contribution < 1.29 is 17.9 Å². The van der Waals surface area contributed by atoms with Gasteiger partial charge in [0.05, 0.1) is 7.11 Å². The van der Waals surface area contributed by atoms with Gasteiger partial charge in [-0.05, 0) is 18.6 Å². The van der Waals surface area contributed by atoms with Gasteiger partial charge in [-0.1, -0.05) is 11.6 Å². The summed E-state index contributed by atoms with van der Waals surface area (Å²) in [6.45, 7) is 0.962. The van der Waals surface area contributed by atoms with Crippen molar-refractivity contribution in [2.24, 2.45) is 5.73 Å². The van der Waals surface area contributed by atoms with E-state index in [-0.39, 0.29) is 17.2 Å². The minimum Gasteiger partial charge on any atom is -0.495 e. The van der Waals surface area contributed by atoms with Gasteiger partial charge in [0, 0.05) is 44.4 Å². The lowest BCUT2D eigenvalue weighted by Crippen LogP contribution is -2.29. The zero-order chi connectivity index (χ0) is 16.0. The summed E-state index contributed by atoms with van der Waals surface area (Å²) in [4.78, 5) is 0.0258. The maximum atomic E-state index is 12.6. The van der Waals surface area contributed by atoms with Crippen LogP contribution >= 0.6 is 11.6 Å². The Hall–Kier alpha value is -0.860. The number of nitrogens with zero attached hydrogens (tertiary/aromatic N) is 1. The third-order valence-electron chi connectivity index (χ3n) is 3.03. The summed E-state index contributed by atoms with van der Waals surface area (Å²) in [6.07, 6.45) is 0.596. The highest BCUT2D eigenvalue weighted by molar-refractivity contribution is 7.89. The Morgan fingerprint density at radius 3 is 2.52 bits per heavy atom. The van der Waals surface area contributed by atoms with E-state index in [0.29, 0.717) is 30.2 Å². The molecule has 0 heterocycles. The van der Waals surface area contributed by atoms with Crippen molar-refractivity contribution in [3.8, 4) is 5.75 Å². The largest absolute Gasteiger partial charge is 0.495 e. The van der Waals surface area contributed by atoms with Gasteiger partial charge in [-0.3, -0.25) is 0 Å². The van der Waals surface area contributed by atoms with Crippen molar-refractivity contribution in [3.63, 3.8) is 0 Å². The quantitative estimate of drug-likeness (QED) is 0.727. The molecule has 21 heavy (non-hydrogen) atoms. The first-order chi connectivity index (χ1) is 9.88. The summed E-state index contributed by atoms with van der Waals surface area (Å²) in [7, 11) is 0.783. The van der Waals surface area contributed by atoms with E-state index in [4.69, 9.17) is 26.8 Å². The highest BCUT2D eigenvalue weighted by atomic mass is 35.5. The maximum Gasteiger partial charge on any atom is 0.246 e. The number of ether oxygens (including phenoxy) is 2. The molecular formula is C13H21ClN2O4S. The molecule has 8 heteroatoms. The molecule has 0 saturated carbocycles. The van der Waals surface area contributed by atoms with Crippen LogP contribution in [0.2, 0.25) is 5.02 Å². The summed E-state index contributed by atoms with van der Waals surface area (Å²) < 4.78 is 36.7. The Morgan fingerprint density at radius 1 is 1.33 bits per heavy atom. The molecule has 0 atom stereocenters. The van der Waals surface area contributed by atoms with Gasteiger partial charge in [-0.25, -0.2) is 12.7 Å². The smallest absolute Gasteiger partial charge is 0.246 e. The first-order valence-corrected chi connectivity index (χ1v) is 8.22. The predicted molar refractivity (Wildman–Crippen MR) is 82.2 cm³/mol. The molecule has 1 aromatic rings. The third kappa shape index (κ3) is 4.31. The molecule has 6 nitrogen and oxygen atoms in total. The SMILES string of the molecule is COCCCN(C)S(=O)(=O)c1cc(Cl)cc(CN)c1OC. The summed E-state index contributed by atoms with van der Waals surface area (Å²) in [5.74, 6) is 0.237. The highest BCUT2D eigenvalue weighted by Crippen LogP contribution is 2.33. The molecule has 0 bridgehead atoms. The van der Waals surface area contributed by atoms with E-state index < -0.39 is 10.0 Å². The molecule has 0 radical (unpaired) electrons. The molecular weight excluding hydrogens is 316 g/mol. The minimum atomic E-state index is -3.70. The number of benzene rings is 1. The van der Waals surface area contributed by atoms with E-state index in [1.807, 2.05) is 0 Å². The normalized spacial score (nSPS) is 11.9. The van der Waals surface area contributed by atoms with Crippen LogP contribution in [0.5, 0.6) is 5.75 Å². The van der Waals surface area contributed by atoms with Crippen molar-refractivity contribution >= 4 is 21.6 Å². The lowest BCUT2D eigenvalue weighted by atomic mass is 10.2. The van der Waals surface area contributed by atoms with Crippen LogP contribution < -0.4 is 10.5 Å². The molecule has 120 valence electrons. The standard InChI is InChI=1S/C13H21ClN2O4S/c1-16(5-4-6-19-2)21(17,18)12-8-11(14)7-10(9-15)13(12)20-3/h7-8H,4-6,9,15H2,1-3H3. The summed E-state index contributed by atoms with van der Waals surface area (Å²) >= 11 is 5.98. The Labute approximate surface area is 130 Å². The molecule has 0 spiro atoms. The van der Waals surface area contributed by atoms with Crippen LogP contribution in [0.4, 0.5) is 0 Å². The first-order valence-electron chi connectivity index (χ1n) is 6.40. The maximum absolute atomic E-state index is 12.6. The molecule has 0 aliphatic rings. The number of sulfonamides is 1. The zero-order valence-electron chi connectivity index (χ0n) is 12.4. The average molecular weight is 337 g/mol. The van der Waals surface area contributed by atoms with Gasteiger partial charge in [0.1, 0.15) is 10.6 Å². The van der Waals surface area contributed by atoms with E-state index in [2.05, 4.69) is 0 Å². The van der Waals surface area contributed by atoms with Gasteiger partial charge in [0.15, 0.2) is 0 Å². The Bertz CT molecular complexity index is 578. The Balaban J connectivity index is 3.21. The van der Waals surface area contributed by atoms with Gasteiger partial charge in [-0.15, -0.1) is 0 Å². The average Bonchev–Trinajstić information content (AvgIpc) is 2.46. The molecule has 0 aromatic heterocycles. The summed E-state index contributed by atoms with van der Waals surface area (Å²) in [5, 5.41) is 0.306. The Kier molecular flexibility index (Phi) is 6.89. The van der Waals surface area contributed by atoms with E-state index in [9.17, 15) is 8.42 Å². The first kappa shape index (κ1) is 18.2. The summed E-state index contributed by atoms with van der Waals surface area (Å²) in [5.41, 5.74) is 6.17. The van der Waals surface area contributed by atoms with Crippen LogP contribution in [0.15, 0.2) is 17.0 Å². The van der Waals surface area contributed by atoms with Crippen LogP contribution in [0.3, 0.4) is 0 Å². The van der Waals surface area contributed by atoms with Gasteiger partial charge in [0.2, 0.25) is 10.0 Å². The van der Waals surface area contributed by atoms with Crippen LogP contribution in [0, 0.1) is 0 Å². The van der Waals surface area contributed by atoms with Gasteiger partial charge in [-0.2, -0.15) is 0 Å². The highest BCUT2D eigenvalue weighted by Gasteiger charge is 2.26. The topological polar surface area (TPSA) is 81.9 Å². The van der Waals surface area contributed by atoms with Crippen LogP contribution in [-0.2, 0) is 21.3 Å². The van der Waals surface area contributed by atoms with Gasteiger partial charge >= 0.3 is 0 Å². The number of methoxy groups -OCH3 is 2. The van der Waals surface area contributed by atoms with Gasteiger partial charge < -0.3 is 15.2 Å². The number of halogens is 1. The van der Waals surface area contributed by atoms with Crippen LogP contribution in [0.1, 0.15) is 12.0 Å². The second-order valence-corrected chi connectivity index (χ2v) is 6.92.